The van der Waals surface area contributed by atoms with Gasteiger partial charge in [-0.3, -0.25) is 4.90 Å². The minimum absolute atomic E-state index is 0.444. The van der Waals surface area contributed by atoms with E-state index in [1.807, 2.05) is 6.20 Å². The zero-order chi connectivity index (χ0) is 11.0. The summed E-state index contributed by atoms with van der Waals surface area (Å²) in [4.78, 5) is 6.90. The van der Waals surface area contributed by atoms with Gasteiger partial charge >= 0.3 is 0 Å². The van der Waals surface area contributed by atoms with Gasteiger partial charge in [-0.1, -0.05) is 6.42 Å². The smallest absolute Gasteiger partial charge is 0.107 e. The maximum Gasteiger partial charge on any atom is 0.107 e. The maximum absolute atomic E-state index is 6.22. The molecule has 3 atom stereocenters. The van der Waals surface area contributed by atoms with Crippen LogP contribution in [0, 0.1) is 11.8 Å². The zero-order valence-electron chi connectivity index (χ0n) is 9.51. The van der Waals surface area contributed by atoms with Crippen LogP contribution in [0.5, 0.6) is 0 Å². The Bertz CT molecular complexity index is 338. The average Bonchev–Trinajstić information content (AvgIpc) is 2.88. The van der Waals surface area contributed by atoms with E-state index in [-0.39, 0.29) is 0 Å². The van der Waals surface area contributed by atoms with Crippen molar-refractivity contribution in [2.45, 2.75) is 31.8 Å². The molecule has 0 radical (unpaired) electrons. The third kappa shape index (κ3) is 2.01. The monoisotopic (exact) mass is 237 g/mol. The number of likely N-dealkylation sites (tertiary alicyclic amines) is 1. The first-order chi connectivity index (χ1) is 7.83. The van der Waals surface area contributed by atoms with Crippen molar-refractivity contribution >= 4 is 11.3 Å². The highest BCUT2D eigenvalue weighted by atomic mass is 32.1. The number of nitrogens with zero attached hydrogens (tertiary/aromatic N) is 2. The van der Waals surface area contributed by atoms with E-state index in [0.29, 0.717) is 6.04 Å². The van der Waals surface area contributed by atoms with E-state index in [1.165, 1.54) is 37.4 Å². The molecular formula is C12H19N3S. The standard InChI is InChI=1S/C12H19N3S/c13-11-3-1-2-9-6-15(7-10(9)11)8-12-14-4-5-16-12/h4-5,9-11H,1-3,6-8,13H2. The summed E-state index contributed by atoms with van der Waals surface area (Å²) in [6.45, 7) is 3.45. The van der Waals surface area contributed by atoms with Gasteiger partial charge in [0.05, 0.1) is 6.54 Å². The molecule has 0 aromatic carbocycles. The number of hydrogen-bond acceptors (Lipinski definition) is 4. The van der Waals surface area contributed by atoms with Gasteiger partial charge in [-0.2, -0.15) is 0 Å². The highest BCUT2D eigenvalue weighted by Crippen LogP contribution is 2.36. The van der Waals surface area contributed by atoms with Gasteiger partial charge in [-0.25, -0.2) is 4.98 Å². The van der Waals surface area contributed by atoms with E-state index < -0.39 is 0 Å². The molecule has 4 heteroatoms. The van der Waals surface area contributed by atoms with Crippen molar-refractivity contribution in [2.75, 3.05) is 13.1 Å². The van der Waals surface area contributed by atoms with E-state index in [9.17, 15) is 0 Å². The van der Waals surface area contributed by atoms with Crippen LogP contribution in [-0.2, 0) is 6.54 Å². The van der Waals surface area contributed by atoms with Crippen molar-refractivity contribution in [3.05, 3.63) is 16.6 Å². The number of nitrogens with two attached hydrogens (primary N) is 1. The molecule has 0 spiro atoms. The van der Waals surface area contributed by atoms with Crippen molar-refractivity contribution in [1.29, 1.82) is 0 Å². The third-order valence-electron chi connectivity index (χ3n) is 4.07. The summed E-state index contributed by atoms with van der Waals surface area (Å²) >= 11 is 1.76. The predicted octanol–water partition coefficient (Wildman–Crippen LogP) is 1.70. The fourth-order valence-corrected chi connectivity index (χ4v) is 3.92. The molecule has 0 bridgehead atoms. The van der Waals surface area contributed by atoms with E-state index in [4.69, 9.17) is 5.73 Å². The first kappa shape index (κ1) is 10.7. The summed E-state index contributed by atoms with van der Waals surface area (Å²) < 4.78 is 0. The predicted molar refractivity (Wildman–Crippen MR) is 66.2 cm³/mol. The Balaban J connectivity index is 1.63. The maximum atomic E-state index is 6.22. The minimum Gasteiger partial charge on any atom is -0.327 e. The van der Waals surface area contributed by atoms with Crippen LogP contribution >= 0.6 is 11.3 Å². The molecule has 2 fully saturated rings. The lowest BCUT2D eigenvalue weighted by molar-refractivity contribution is 0.259. The SMILES string of the molecule is NC1CCCC2CN(Cc3nccs3)CC12. The Kier molecular flexibility index (Phi) is 2.96. The van der Waals surface area contributed by atoms with Crippen LogP contribution < -0.4 is 5.73 Å². The minimum atomic E-state index is 0.444. The zero-order valence-corrected chi connectivity index (χ0v) is 10.3. The van der Waals surface area contributed by atoms with Gasteiger partial charge in [0.1, 0.15) is 5.01 Å². The van der Waals surface area contributed by atoms with Crippen molar-refractivity contribution in [2.24, 2.45) is 17.6 Å². The van der Waals surface area contributed by atoms with E-state index in [0.717, 1.165) is 18.4 Å². The first-order valence-electron chi connectivity index (χ1n) is 6.19. The van der Waals surface area contributed by atoms with Crippen molar-refractivity contribution in [3.8, 4) is 0 Å². The van der Waals surface area contributed by atoms with Crippen LogP contribution in [0.3, 0.4) is 0 Å². The molecule has 1 saturated heterocycles. The van der Waals surface area contributed by atoms with Crippen LogP contribution in [0.1, 0.15) is 24.3 Å². The highest BCUT2D eigenvalue weighted by molar-refractivity contribution is 7.09. The molecule has 0 amide bonds. The van der Waals surface area contributed by atoms with Crippen LogP contribution in [0.4, 0.5) is 0 Å². The Morgan fingerprint density at radius 3 is 3.12 bits per heavy atom. The first-order valence-corrected chi connectivity index (χ1v) is 7.07. The molecule has 1 aromatic rings. The molecule has 1 aliphatic heterocycles. The number of rotatable bonds is 2. The summed E-state index contributed by atoms with van der Waals surface area (Å²) in [5, 5.41) is 3.30. The second kappa shape index (κ2) is 4.43. The van der Waals surface area contributed by atoms with Gasteiger partial charge in [0, 0.05) is 30.7 Å². The summed E-state index contributed by atoms with van der Waals surface area (Å²) in [5.74, 6) is 1.59. The Morgan fingerprint density at radius 2 is 2.38 bits per heavy atom. The lowest BCUT2D eigenvalue weighted by atomic mass is 9.78. The topological polar surface area (TPSA) is 42.1 Å². The van der Waals surface area contributed by atoms with E-state index >= 15 is 0 Å². The number of aromatic nitrogens is 1. The highest BCUT2D eigenvalue weighted by Gasteiger charge is 2.38. The van der Waals surface area contributed by atoms with Crippen molar-refractivity contribution < 1.29 is 0 Å². The lowest BCUT2D eigenvalue weighted by Crippen LogP contribution is -2.38. The molecule has 2 N–H and O–H groups in total. The van der Waals surface area contributed by atoms with Crippen LogP contribution in [0.15, 0.2) is 11.6 Å². The quantitative estimate of drug-likeness (QED) is 0.851. The molecule has 2 heterocycles. The van der Waals surface area contributed by atoms with Gasteiger partial charge < -0.3 is 5.73 Å². The molecule has 88 valence electrons. The Labute approximate surface area is 101 Å². The number of hydrogen-bond donors (Lipinski definition) is 1. The largest absolute Gasteiger partial charge is 0.327 e. The fraction of sp³-hybridized carbons (Fsp3) is 0.750. The summed E-state index contributed by atoms with van der Waals surface area (Å²) in [6, 6.07) is 0.444. The van der Waals surface area contributed by atoms with Gasteiger partial charge in [0.25, 0.3) is 0 Å². The average molecular weight is 237 g/mol. The van der Waals surface area contributed by atoms with Crippen molar-refractivity contribution in [3.63, 3.8) is 0 Å². The second-order valence-electron chi connectivity index (χ2n) is 5.14. The van der Waals surface area contributed by atoms with Gasteiger partial charge in [0.15, 0.2) is 0 Å². The van der Waals surface area contributed by atoms with Gasteiger partial charge in [-0.15, -0.1) is 11.3 Å². The molecule has 2 aliphatic rings. The summed E-state index contributed by atoms with van der Waals surface area (Å²) in [7, 11) is 0. The summed E-state index contributed by atoms with van der Waals surface area (Å²) in [5.41, 5.74) is 6.22. The molecule has 1 aromatic heterocycles. The number of thiazole rings is 1. The molecule has 1 aliphatic carbocycles. The fourth-order valence-electron chi connectivity index (χ4n) is 3.26. The molecule has 1 saturated carbocycles. The third-order valence-corrected chi connectivity index (χ3v) is 4.84. The molecule has 3 unspecified atom stereocenters. The molecule has 3 nitrogen and oxygen atoms in total. The number of fused-ring (bicyclic) bond motifs is 1. The second-order valence-corrected chi connectivity index (χ2v) is 6.12. The van der Waals surface area contributed by atoms with Gasteiger partial charge in [0.2, 0.25) is 0 Å². The normalized spacial score (nSPS) is 35.2. The van der Waals surface area contributed by atoms with Crippen LogP contribution in [-0.4, -0.2) is 29.0 Å². The Morgan fingerprint density at radius 1 is 1.44 bits per heavy atom. The Hall–Kier alpha value is -0.450. The van der Waals surface area contributed by atoms with Gasteiger partial charge in [-0.05, 0) is 24.7 Å². The lowest BCUT2D eigenvalue weighted by Gasteiger charge is -2.29. The molecule has 3 rings (SSSR count). The van der Waals surface area contributed by atoms with E-state index in [2.05, 4.69) is 15.3 Å². The van der Waals surface area contributed by atoms with E-state index in [1.54, 1.807) is 11.3 Å². The summed E-state index contributed by atoms with van der Waals surface area (Å²) in [6.07, 6.45) is 5.83. The molecule has 16 heavy (non-hydrogen) atoms. The van der Waals surface area contributed by atoms with Crippen LogP contribution in [0.25, 0.3) is 0 Å². The van der Waals surface area contributed by atoms with Crippen LogP contribution in [0.2, 0.25) is 0 Å². The van der Waals surface area contributed by atoms with Crippen molar-refractivity contribution in [1.82, 2.24) is 9.88 Å². The molecular weight excluding hydrogens is 218 g/mol.